The quantitative estimate of drug-likeness (QED) is 0.181. The van der Waals surface area contributed by atoms with Gasteiger partial charge in [-0.2, -0.15) is 5.10 Å². The molecule has 0 spiro atoms. The second kappa shape index (κ2) is 14.0. The van der Waals surface area contributed by atoms with Gasteiger partial charge in [0.1, 0.15) is 6.61 Å². The molecule has 0 unspecified atom stereocenters. The highest BCUT2D eigenvalue weighted by Gasteiger charge is 2.13. The Labute approximate surface area is 231 Å². The fourth-order valence-electron chi connectivity index (χ4n) is 3.05. The van der Waals surface area contributed by atoms with Crippen molar-refractivity contribution in [3.05, 3.63) is 85.8 Å². The monoisotopic (exact) mass is 635 g/mol. The maximum Gasteiger partial charge on any atom is 0.240 e. The number of anilines is 1. The molecule has 0 aromatic heterocycles. The van der Waals surface area contributed by atoms with Crippen LogP contribution >= 0.6 is 43.5 Å². The molecule has 2 amide bonds. The first-order chi connectivity index (χ1) is 17.3. The number of ether oxygens (including phenoxy) is 2. The van der Waals surface area contributed by atoms with Gasteiger partial charge < -0.3 is 14.8 Å². The topological polar surface area (TPSA) is 89.0 Å². The minimum Gasteiger partial charge on any atom is -0.490 e. The second-order valence-corrected chi connectivity index (χ2v) is 9.74. The van der Waals surface area contributed by atoms with E-state index in [0.29, 0.717) is 45.5 Å². The van der Waals surface area contributed by atoms with Crippen LogP contribution in [-0.2, 0) is 16.2 Å². The standard InChI is InChI=1S/C26H24Br2ClN3O4/c1-2-35-23-13-18(12-22(28)26(23)36-16-17-6-8-19(27)9-7-17)15-30-32-25(34)11-10-24(33)31-21-5-3-4-20(29)14-21/h3-9,12-15H,2,10-11,16H2,1H3,(H,31,33)(H,32,34). The predicted octanol–water partition coefficient (Wildman–Crippen LogP) is 6.71. The van der Waals surface area contributed by atoms with Gasteiger partial charge in [-0.15, -0.1) is 0 Å². The maximum atomic E-state index is 12.1. The van der Waals surface area contributed by atoms with Crippen LogP contribution in [0, 0.1) is 0 Å². The lowest BCUT2D eigenvalue weighted by Gasteiger charge is -2.14. The number of halogens is 3. The number of benzene rings is 3. The van der Waals surface area contributed by atoms with Crippen molar-refractivity contribution < 1.29 is 19.1 Å². The molecule has 0 aliphatic carbocycles. The van der Waals surface area contributed by atoms with Crippen molar-refractivity contribution in [3.8, 4) is 11.5 Å². The van der Waals surface area contributed by atoms with E-state index in [9.17, 15) is 9.59 Å². The van der Waals surface area contributed by atoms with Gasteiger partial charge in [0.25, 0.3) is 0 Å². The van der Waals surface area contributed by atoms with Gasteiger partial charge in [-0.3, -0.25) is 9.59 Å². The molecule has 10 heteroatoms. The van der Waals surface area contributed by atoms with Crippen LogP contribution in [0.2, 0.25) is 5.02 Å². The smallest absolute Gasteiger partial charge is 0.240 e. The zero-order valence-electron chi connectivity index (χ0n) is 19.4. The van der Waals surface area contributed by atoms with Crippen LogP contribution in [0.15, 0.2) is 74.7 Å². The van der Waals surface area contributed by atoms with Crippen molar-refractivity contribution in [2.45, 2.75) is 26.4 Å². The molecule has 0 aliphatic heterocycles. The number of amides is 2. The van der Waals surface area contributed by atoms with Crippen molar-refractivity contribution in [2.75, 3.05) is 11.9 Å². The van der Waals surface area contributed by atoms with E-state index in [4.69, 9.17) is 21.1 Å². The largest absolute Gasteiger partial charge is 0.490 e. The Bertz CT molecular complexity index is 1240. The number of nitrogens with zero attached hydrogens (tertiary/aromatic N) is 1. The fraction of sp³-hybridized carbons (Fsp3) is 0.192. The molecule has 3 rings (SSSR count). The average Bonchev–Trinajstić information content (AvgIpc) is 2.83. The summed E-state index contributed by atoms with van der Waals surface area (Å²) in [5.41, 5.74) is 4.72. The van der Waals surface area contributed by atoms with Crippen LogP contribution < -0.4 is 20.2 Å². The Morgan fingerprint density at radius 1 is 1.00 bits per heavy atom. The Morgan fingerprint density at radius 3 is 2.47 bits per heavy atom. The summed E-state index contributed by atoms with van der Waals surface area (Å²) in [4.78, 5) is 24.1. The molecular weight excluding hydrogens is 614 g/mol. The Morgan fingerprint density at radius 2 is 1.75 bits per heavy atom. The molecule has 0 bridgehead atoms. The van der Waals surface area contributed by atoms with Crippen LogP contribution in [0.25, 0.3) is 0 Å². The molecule has 0 aliphatic rings. The van der Waals surface area contributed by atoms with Crippen molar-refractivity contribution in [1.29, 1.82) is 0 Å². The molecule has 0 saturated heterocycles. The van der Waals surface area contributed by atoms with E-state index in [-0.39, 0.29) is 24.7 Å². The summed E-state index contributed by atoms with van der Waals surface area (Å²) < 4.78 is 13.4. The molecule has 188 valence electrons. The molecule has 3 aromatic rings. The number of nitrogens with one attached hydrogen (secondary N) is 2. The lowest BCUT2D eigenvalue weighted by atomic mass is 10.2. The van der Waals surface area contributed by atoms with Gasteiger partial charge in [-0.25, -0.2) is 5.43 Å². The SMILES string of the molecule is CCOc1cc(C=NNC(=O)CCC(=O)Nc2cccc(Cl)c2)cc(Br)c1OCc1ccc(Br)cc1. The number of hydrogen-bond donors (Lipinski definition) is 2. The number of hydrazone groups is 1. The summed E-state index contributed by atoms with van der Waals surface area (Å²) >= 11 is 12.9. The van der Waals surface area contributed by atoms with E-state index >= 15 is 0 Å². The van der Waals surface area contributed by atoms with E-state index in [1.54, 1.807) is 30.3 Å². The first kappa shape index (κ1) is 27.7. The van der Waals surface area contributed by atoms with Gasteiger partial charge >= 0.3 is 0 Å². The van der Waals surface area contributed by atoms with E-state index in [2.05, 4.69) is 47.7 Å². The minimum atomic E-state index is -0.383. The first-order valence-corrected chi connectivity index (χ1v) is 13.0. The third-order valence-corrected chi connectivity index (χ3v) is 6.07. The van der Waals surface area contributed by atoms with Gasteiger partial charge in [-0.05, 0) is 76.4 Å². The molecule has 0 radical (unpaired) electrons. The van der Waals surface area contributed by atoms with Gasteiger partial charge in [0.05, 0.1) is 17.3 Å². The third kappa shape index (κ3) is 8.96. The zero-order chi connectivity index (χ0) is 25.9. The van der Waals surface area contributed by atoms with Gasteiger partial charge in [0.2, 0.25) is 11.8 Å². The molecule has 2 N–H and O–H groups in total. The van der Waals surface area contributed by atoms with Crippen LogP contribution in [0.5, 0.6) is 11.5 Å². The predicted molar refractivity (Wildman–Crippen MR) is 149 cm³/mol. The van der Waals surface area contributed by atoms with E-state index in [1.165, 1.54) is 6.21 Å². The van der Waals surface area contributed by atoms with Crippen molar-refractivity contribution in [3.63, 3.8) is 0 Å². The molecular formula is C26H24Br2ClN3O4. The van der Waals surface area contributed by atoms with Gasteiger partial charge in [0, 0.05) is 28.0 Å². The van der Waals surface area contributed by atoms with Crippen LogP contribution in [0.4, 0.5) is 5.69 Å². The molecule has 0 heterocycles. The van der Waals surface area contributed by atoms with Crippen molar-refractivity contribution >= 4 is 67.2 Å². The van der Waals surface area contributed by atoms with Gasteiger partial charge in [0.15, 0.2) is 11.5 Å². The summed E-state index contributed by atoms with van der Waals surface area (Å²) in [6, 6.07) is 18.3. The highest BCUT2D eigenvalue weighted by atomic mass is 79.9. The number of rotatable bonds is 11. The normalized spacial score (nSPS) is 10.8. The zero-order valence-corrected chi connectivity index (χ0v) is 23.3. The highest BCUT2D eigenvalue weighted by Crippen LogP contribution is 2.37. The molecule has 36 heavy (non-hydrogen) atoms. The maximum absolute atomic E-state index is 12.1. The summed E-state index contributed by atoms with van der Waals surface area (Å²) in [6.07, 6.45) is 1.49. The third-order valence-electron chi connectivity index (χ3n) is 4.72. The summed E-state index contributed by atoms with van der Waals surface area (Å²) in [5, 5.41) is 7.21. The minimum absolute atomic E-state index is 0.0122. The summed E-state index contributed by atoms with van der Waals surface area (Å²) in [7, 11) is 0. The fourth-order valence-corrected chi connectivity index (χ4v) is 4.08. The molecule has 0 atom stereocenters. The van der Waals surface area contributed by atoms with E-state index in [1.807, 2.05) is 37.3 Å². The molecule has 0 saturated carbocycles. The number of hydrogen-bond acceptors (Lipinski definition) is 5. The average molecular weight is 638 g/mol. The lowest BCUT2D eigenvalue weighted by Crippen LogP contribution is -2.20. The lowest BCUT2D eigenvalue weighted by molar-refractivity contribution is -0.124. The summed E-state index contributed by atoms with van der Waals surface area (Å²) in [6.45, 7) is 2.71. The van der Waals surface area contributed by atoms with Crippen LogP contribution in [0.1, 0.15) is 30.9 Å². The highest BCUT2D eigenvalue weighted by molar-refractivity contribution is 9.10. The van der Waals surface area contributed by atoms with E-state index in [0.717, 1.165) is 10.0 Å². The molecule has 3 aromatic carbocycles. The Kier molecular flexibility index (Phi) is 10.8. The Hall–Kier alpha value is -2.88. The number of carbonyl (C=O) groups is 2. The number of carbonyl (C=O) groups excluding carboxylic acids is 2. The molecule has 0 fully saturated rings. The molecule has 7 nitrogen and oxygen atoms in total. The van der Waals surface area contributed by atoms with Crippen molar-refractivity contribution in [2.24, 2.45) is 5.10 Å². The van der Waals surface area contributed by atoms with Gasteiger partial charge in [-0.1, -0.05) is 45.7 Å². The Balaban J connectivity index is 1.54. The van der Waals surface area contributed by atoms with E-state index < -0.39 is 0 Å². The van der Waals surface area contributed by atoms with Crippen molar-refractivity contribution in [1.82, 2.24) is 5.43 Å². The second-order valence-electron chi connectivity index (χ2n) is 7.53. The van der Waals surface area contributed by atoms with Crippen LogP contribution in [-0.4, -0.2) is 24.6 Å². The van der Waals surface area contributed by atoms with Crippen LogP contribution in [0.3, 0.4) is 0 Å². The first-order valence-electron chi connectivity index (χ1n) is 11.0. The summed E-state index contributed by atoms with van der Waals surface area (Å²) in [5.74, 6) is 0.451.